The fourth-order valence-corrected chi connectivity index (χ4v) is 6.20. The van der Waals surface area contributed by atoms with Crippen molar-refractivity contribution in [3.63, 3.8) is 0 Å². The van der Waals surface area contributed by atoms with Gasteiger partial charge in [0.15, 0.2) is 0 Å². The summed E-state index contributed by atoms with van der Waals surface area (Å²) >= 11 is 6.06. The topological polar surface area (TPSA) is 96.4 Å². The summed E-state index contributed by atoms with van der Waals surface area (Å²) in [6, 6.07) is 5.24. The molecule has 35 heavy (non-hydrogen) atoms. The zero-order valence-corrected chi connectivity index (χ0v) is 21.1. The number of aliphatic hydroxyl groups is 1. The number of esters is 1. The minimum absolute atomic E-state index is 0.129. The third kappa shape index (κ3) is 4.05. The average molecular weight is 505 g/mol. The van der Waals surface area contributed by atoms with Gasteiger partial charge in [-0.2, -0.15) is 0 Å². The first-order valence-electron chi connectivity index (χ1n) is 12.2. The highest BCUT2D eigenvalue weighted by Crippen LogP contribution is 2.59. The summed E-state index contributed by atoms with van der Waals surface area (Å²) < 4.78 is 11.7. The molecule has 9 heteroatoms. The van der Waals surface area contributed by atoms with Crippen LogP contribution in [-0.2, 0) is 23.9 Å². The van der Waals surface area contributed by atoms with Gasteiger partial charge < -0.3 is 24.4 Å². The molecule has 2 bridgehead atoms. The molecule has 1 spiro atoms. The molecule has 1 aromatic rings. The number of rotatable bonds is 9. The molecular weight excluding hydrogens is 472 g/mol. The summed E-state index contributed by atoms with van der Waals surface area (Å²) in [6.07, 6.45) is 2.16. The number of amides is 2. The number of benzene rings is 1. The van der Waals surface area contributed by atoms with E-state index < -0.39 is 41.6 Å². The van der Waals surface area contributed by atoms with Gasteiger partial charge in [-0.1, -0.05) is 31.5 Å². The molecule has 0 aliphatic carbocycles. The quantitative estimate of drug-likeness (QED) is 0.410. The fourth-order valence-electron chi connectivity index (χ4n) is 6.07. The van der Waals surface area contributed by atoms with Crippen LogP contribution in [-0.4, -0.2) is 71.3 Å². The van der Waals surface area contributed by atoms with E-state index in [1.54, 1.807) is 42.2 Å². The maximum Gasteiger partial charge on any atom is 0.312 e. The van der Waals surface area contributed by atoms with E-state index in [-0.39, 0.29) is 37.5 Å². The Labute approximate surface area is 210 Å². The predicted octanol–water partition coefficient (Wildman–Crippen LogP) is 2.81. The van der Waals surface area contributed by atoms with E-state index in [1.807, 2.05) is 13.8 Å². The average Bonchev–Trinajstić information content (AvgIpc) is 3.46. The monoisotopic (exact) mass is 504 g/mol. The number of likely N-dealkylation sites (tertiary alicyclic amines) is 1. The molecule has 0 radical (unpaired) electrons. The molecule has 3 aliphatic rings. The van der Waals surface area contributed by atoms with Crippen LogP contribution >= 0.6 is 11.6 Å². The van der Waals surface area contributed by atoms with Crippen LogP contribution in [0, 0.1) is 17.8 Å². The van der Waals surface area contributed by atoms with Crippen molar-refractivity contribution in [2.24, 2.45) is 17.8 Å². The number of carbonyl (C=O) groups is 3. The van der Waals surface area contributed by atoms with E-state index in [4.69, 9.17) is 21.1 Å². The Bertz CT molecular complexity index is 998. The van der Waals surface area contributed by atoms with Crippen molar-refractivity contribution in [3.8, 4) is 0 Å². The van der Waals surface area contributed by atoms with Gasteiger partial charge in [-0.15, -0.1) is 6.58 Å². The summed E-state index contributed by atoms with van der Waals surface area (Å²) in [6.45, 7) is 9.39. The molecule has 0 aromatic heterocycles. The van der Waals surface area contributed by atoms with E-state index in [1.165, 1.54) is 4.90 Å². The van der Waals surface area contributed by atoms with Gasteiger partial charge in [-0.25, -0.2) is 0 Å². The van der Waals surface area contributed by atoms with Crippen molar-refractivity contribution < 1.29 is 29.0 Å². The Morgan fingerprint density at radius 3 is 2.63 bits per heavy atom. The normalized spacial score (nSPS) is 29.9. The highest BCUT2D eigenvalue weighted by molar-refractivity contribution is 6.30. The van der Waals surface area contributed by atoms with Gasteiger partial charge >= 0.3 is 5.97 Å². The first-order valence-corrected chi connectivity index (χ1v) is 12.5. The zero-order valence-electron chi connectivity index (χ0n) is 20.4. The third-order valence-electron chi connectivity index (χ3n) is 7.56. The predicted molar refractivity (Wildman–Crippen MR) is 131 cm³/mol. The second-order valence-corrected chi connectivity index (χ2v) is 10.2. The summed E-state index contributed by atoms with van der Waals surface area (Å²) in [4.78, 5) is 44.3. The Kier molecular flexibility index (Phi) is 7.27. The number of nitrogens with zero attached hydrogens (tertiary/aromatic N) is 2. The highest BCUT2D eigenvalue weighted by atomic mass is 35.5. The molecule has 3 heterocycles. The minimum atomic E-state index is -1.16. The molecule has 2 amide bonds. The first-order chi connectivity index (χ1) is 16.7. The second kappa shape index (κ2) is 9.91. The lowest BCUT2D eigenvalue weighted by atomic mass is 9.70. The molecule has 6 atom stereocenters. The first kappa shape index (κ1) is 25.7. The maximum absolute atomic E-state index is 14.3. The van der Waals surface area contributed by atoms with Gasteiger partial charge in [0, 0.05) is 17.3 Å². The van der Waals surface area contributed by atoms with Crippen LogP contribution in [0.1, 0.15) is 33.6 Å². The van der Waals surface area contributed by atoms with Crippen molar-refractivity contribution in [1.82, 2.24) is 4.90 Å². The Morgan fingerprint density at radius 2 is 2.06 bits per heavy atom. The van der Waals surface area contributed by atoms with Crippen molar-refractivity contribution in [2.75, 3.05) is 24.7 Å². The zero-order chi connectivity index (χ0) is 25.5. The van der Waals surface area contributed by atoms with E-state index in [0.717, 1.165) is 0 Å². The second-order valence-electron chi connectivity index (χ2n) is 9.76. The molecule has 1 aromatic carbocycles. The molecule has 0 unspecified atom stereocenters. The molecule has 1 N–H and O–H groups in total. The largest absolute Gasteiger partial charge is 0.466 e. The Balaban J connectivity index is 1.82. The van der Waals surface area contributed by atoms with Gasteiger partial charge in [0.25, 0.3) is 5.91 Å². The summed E-state index contributed by atoms with van der Waals surface area (Å²) in [5.41, 5.74) is -0.559. The number of carbonyl (C=O) groups excluding carboxylic acids is 3. The van der Waals surface area contributed by atoms with E-state index in [9.17, 15) is 19.5 Å². The molecular formula is C26H33ClN2O6. The van der Waals surface area contributed by atoms with Crippen molar-refractivity contribution in [3.05, 3.63) is 41.9 Å². The highest BCUT2D eigenvalue weighted by Gasteiger charge is 2.75. The van der Waals surface area contributed by atoms with Crippen LogP contribution in [0.2, 0.25) is 5.02 Å². The maximum atomic E-state index is 14.3. The lowest BCUT2D eigenvalue weighted by Gasteiger charge is -2.40. The molecule has 3 saturated heterocycles. The molecule has 190 valence electrons. The molecule has 3 fully saturated rings. The van der Waals surface area contributed by atoms with Crippen molar-refractivity contribution >= 4 is 35.1 Å². The van der Waals surface area contributed by atoms with E-state index in [0.29, 0.717) is 23.6 Å². The van der Waals surface area contributed by atoms with Crippen LogP contribution in [0.15, 0.2) is 36.9 Å². The van der Waals surface area contributed by atoms with Gasteiger partial charge in [0.1, 0.15) is 11.6 Å². The number of hydrogen-bond acceptors (Lipinski definition) is 6. The van der Waals surface area contributed by atoms with Crippen molar-refractivity contribution in [1.29, 1.82) is 0 Å². The molecule has 4 rings (SSSR count). The number of fused-ring (bicyclic) bond motifs is 1. The van der Waals surface area contributed by atoms with Gasteiger partial charge in [0.2, 0.25) is 5.91 Å². The summed E-state index contributed by atoms with van der Waals surface area (Å²) in [7, 11) is 0. The van der Waals surface area contributed by atoms with Crippen LogP contribution in [0.25, 0.3) is 0 Å². The van der Waals surface area contributed by atoms with Crippen LogP contribution in [0.5, 0.6) is 0 Å². The molecule has 8 nitrogen and oxygen atoms in total. The number of anilines is 1. The van der Waals surface area contributed by atoms with Gasteiger partial charge in [-0.3, -0.25) is 14.4 Å². The Hall–Kier alpha value is -2.42. The Morgan fingerprint density at radius 1 is 1.37 bits per heavy atom. The smallest absolute Gasteiger partial charge is 0.312 e. The number of halogens is 1. The fraction of sp³-hybridized carbons (Fsp3) is 0.577. The van der Waals surface area contributed by atoms with E-state index >= 15 is 0 Å². The number of hydrogen-bond donors (Lipinski definition) is 1. The lowest BCUT2D eigenvalue weighted by molar-refractivity contribution is -0.155. The third-order valence-corrected chi connectivity index (χ3v) is 7.81. The van der Waals surface area contributed by atoms with Crippen LogP contribution < -0.4 is 4.90 Å². The minimum Gasteiger partial charge on any atom is -0.466 e. The number of aliphatic hydroxyl groups excluding tert-OH is 1. The lowest BCUT2D eigenvalue weighted by Crippen LogP contribution is -2.59. The number of ether oxygens (including phenoxy) is 2. The van der Waals surface area contributed by atoms with E-state index in [2.05, 4.69) is 6.58 Å². The summed E-state index contributed by atoms with van der Waals surface area (Å²) in [5, 5.41) is 10.8. The van der Waals surface area contributed by atoms with Gasteiger partial charge in [0.05, 0.1) is 37.2 Å². The SMILES string of the molecule is C=CCN(C(=O)[C@@H]1N([C@@H](CO)C(C)C)C(=O)[C@H]2[C@H](C(=O)OCC)[C@@H]3CC[C@]12O3)c1ccc(Cl)cc1. The van der Waals surface area contributed by atoms with Crippen LogP contribution in [0.4, 0.5) is 5.69 Å². The standard InChI is InChI=1S/C26H33ClN2O6/c1-5-13-28(17-9-7-16(27)8-10-17)24(32)22-26-12-11-19(35-26)20(25(33)34-6-2)21(26)23(31)29(22)18(14-30)15(3)4/h5,7-10,15,18-22,30H,1,6,11-14H2,2-4H3/t18-,19-,20+,21+,22-,26+/m0/s1. The molecule has 0 saturated carbocycles. The molecule has 3 aliphatic heterocycles. The van der Waals surface area contributed by atoms with Gasteiger partial charge in [-0.05, 0) is 49.9 Å². The van der Waals surface area contributed by atoms with Crippen molar-refractivity contribution in [2.45, 2.75) is 57.4 Å². The van der Waals surface area contributed by atoms with Crippen LogP contribution in [0.3, 0.4) is 0 Å². The summed E-state index contributed by atoms with van der Waals surface area (Å²) in [5.74, 6) is -2.89.